The highest BCUT2D eigenvalue weighted by molar-refractivity contribution is 6.04. The Kier molecular flexibility index (Phi) is 6.45. The number of benzene rings is 3. The van der Waals surface area contributed by atoms with Gasteiger partial charge in [-0.15, -0.1) is 0 Å². The summed E-state index contributed by atoms with van der Waals surface area (Å²) in [6, 6.07) is 24.0. The third-order valence-electron chi connectivity index (χ3n) is 6.86. The summed E-state index contributed by atoms with van der Waals surface area (Å²) in [7, 11) is 1.60. The maximum Gasteiger partial charge on any atom is 0.229 e. The Morgan fingerprint density at radius 2 is 1.74 bits per heavy atom. The van der Waals surface area contributed by atoms with Crippen LogP contribution in [-0.2, 0) is 9.59 Å². The van der Waals surface area contributed by atoms with Crippen LogP contribution in [0.5, 0.6) is 5.75 Å². The number of para-hydroxylation sites is 1. The molecule has 2 aliphatic rings. The van der Waals surface area contributed by atoms with Gasteiger partial charge in [-0.3, -0.25) is 9.59 Å². The number of rotatable bonds is 8. The molecular formula is C29H31N3O3. The lowest BCUT2D eigenvalue weighted by Gasteiger charge is -2.25. The average Bonchev–Trinajstić information content (AvgIpc) is 3.63. The van der Waals surface area contributed by atoms with E-state index >= 15 is 0 Å². The number of amides is 2. The monoisotopic (exact) mass is 469 g/mol. The molecule has 1 aliphatic heterocycles. The van der Waals surface area contributed by atoms with Crippen LogP contribution >= 0.6 is 0 Å². The molecule has 1 heterocycles. The van der Waals surface area contributed by atoms with E-state index in [1.165, 1.54) is 18.5 Å². The Morgan fingerprint density at radius 3 is 2.43 bits per heavy atom. The highest BCUT2D eigenvalue weighted by Crippen LogP contribution is 2.36. The van der Waals surface area contributed by atoms with Crippen molar-refractivity contribution in [2.24, 2.45) is 11.8 Å². The van der Waals surface area contributed by atoms with Gasteiger partial charge in [0.1, 0.15) is 5.75 Å². The summed E-state index contributed by atoms with van der Waals surface area (Å²) < 4.78 is 5.32. The van der Waals surface area contributed by atoms with E-state index in [4.69, 9.17) is 4.74 Å². The molecule has 0 spiro atoms. The summed E-state index contributed by atoms with van der Waals surface area (Å²) in [5, 5.41) is 3.01. The molecule has 1 saturated heterocycles. The summed E-state index contributed by atoms with van der Waals surface area (Å²) in [5.74, 6) is 0.856. The number of ether oxygens (including phenoxy) is 1. The number of aryl methyl sites for hydroxylation is 1. The molecule has 0 radical (unpaired) electrons. The van der Waals surface area contributed by atoms with Gasteiger partial charge in [0.05, 0.1) is 18.7 Å². The topological polar surface area (TPSA) is 61.9 Å². The van der Waals surface area contributed by atoms with Gasteiger partial charge in [0.25, 0.3) is 0 Å². The highest BCUT2D eigenvalue weighted by atomic mass is 16.5. The van der Waals surface area contributed by atoms with Gasteiger partial charge in [0, 0.05) is 42.6 Å². The van der Waals surface area contributed by atoms with Crippen LogP contribution in [0.15, 0.2) is 72.8 Å². The molecule has 0 aromatic heterocycles. The molecule has 3 aromatic rings. The summed E-state index contributed by atoms with van der Waals surface area (Å²) in [6.45, 7) is 3.32. The minimum atomic E-state index is -0.400. The van der Waals surface area contributed by atoms with E-state index in [1.54, 1.807) is 12.0 Å². The van der Waals surface area contributed by atoms with E-state index in [-0.39, 0.29) is 18.2 Å². The molecule has 2 fully saturated rings. The van der Waals surface area contributed by atoms with E-state index in [0.29, 0.717) is 12.3 Å². The van der Waals surface area contributed by atoms with Crippen molar-refractivity contribution in [3.63, 3.8) is 0 Å². The Morgan fingerprint density at radius 1 is 1.03 bits per heavy atom. The van der Waals surface area contributed by atoms with E-state index in [2.05, 4.69) is 46.6 Å². The molecule has 1 atom stereocenters. The third-order valence-corrected chi connectivity index (χ3v) is 6.86. The number of carbonyl (C=O) groups is 2. The van der Waals surface area contributed by atoms with Crippen LogP contribution in [0.3, 0.4) is 0 Å². The number of methoxy groups -OCH3 is 1. The van der Waals surface area contributed by atoms with Gasteiger partial charge in [-0.1, -0.05) is 24.3 Å². The quantitative estimate of drug-likeness (QED) is 0.470. The van der Waals surface area contributed by atoms with Crippen LogP contribution in [0, 0.1) is 18.8 Å². The van der Waals surface area contributed by atoms with Crippen molar-refractivity contribution in [1.82, 2.24) is 0 Å². The average molecular weight is 470 g/mol. The lowest BCUT2D eigenvalue weighted by atomic mass is 10.1. The van der Waals surface area contributed by atoms with Gasteiger partial charge in [0.15, 0.2) is 0 Å². The van der Waals surface area contributed by atoms with Gasteiger partial charge < -0.3 is 19.9 Å². The molecule has 6 nitrogen and oxygen atoms in total. The molecular weight excluding hydrogens is 438 g/mol. The van der Waals surface area contributed by atoms with E-state index < -0.39 is 5.92 Å². The Balaban J connectivity index is 1.26. The largest absolute Gasteiger partial charge is 0.497 e. The predicted octanol–water partition coefficient (Wildman–Crippen LogP) is 5.54. The zero-order valence-electron chi connectivity index (χ0n) is 20.2. The zero-order valence-corrected chi connectivity index (χ0v) is 20.2. The van der Waals surface area contributed by atoms with E-state index in [9.17, 15) is 9.59 Å². The minimum Gasteiger partial charge on any atom is -0.497 e. The van der Waals surface area contributed by atoms with Crippen LogP contribution < -0.4 is 19.9 Å². The molecule has 2 amide bonds. The fraction of sp³-hybridized carbons (Fsp3) is 0.310. The van der Waals surface area contributed by atoms with E-state index in [1.807, 2.05) is 43.3 Å². The van der Waals surface area contributed by atoms with Crippen molar-refractivity contribution >= 4 is 34.6 Å². The normalized spacial score (nSPS) is 17.4. The molecule has 0 bridgehead atoms. The molecule has 5 rings (SSSR count). The van der Waals surface area contributed by atoms with Crippen LogP contribution in [0.2, 0.25) is 0 Å². The van der Waals surface area contributed by atoms with Gasteiger partial charge in [-0.2, -0.15) is 0 Å². The molecule has 3 aromatic carbocycles. The van der Waals surface area contributed by atoms with Gasteiger partial charge in [0.2, 0.25) is 11.8 Å². The van der Waals surface area contributed by atoms with Crippen molar-refractivity contribution < 1.29 is 14.3 Å². The van der Waals surface area contributed by atoms with E-state index in [0.717, 1.165) is 35.1 Å². The molecule has 1 unspecified atom stereocenters. The van der Waals surface area contributed by atoms with Gasteiger partial charge in [-0.25, -0.2) is 0 Å². The van der Waals surface area contributed by atoms with Crippen molar-refractivity contribution in [1.29, 1.82) is 0 Å². The Labute approximate surface area is 206 Å². The smallest absolute Gasteiger partial charge is 0.229 e. The van der Waals surface area contributed by atoms with Crippen LogP contribution in [0.1, 0.15) is 24.8 Å². The summed E-state index contributed by atoms with van der Waals surface area (Å²) in [5.41, 5.74) is 4.79. The second-order valence-electron chi connectivity index (χ2n) is 9.48. The summed E-state index contributed by atoms with van der Waals surface area (Å²) >= 11 is 0. The van der Waals surface area contributed by atoms with Gasteiger partial charge in [-0.05, 0) is 73.7 Å². The molecule has 180 valence electrons. The molecule has 1 saturated carbocycles. The van der Waals surface area contributed by atoms with Crippen LogP contribution in [0.4, 0.5) is 22.7 Å². The first kappa shape index (κ1) is 23.0. The summed E-state index contributed by atoms with van der Waals surface area (Å²) in [4.78, 5) is 29.8. The second kappa shape index (κ2) is 9.82. The number of anilines is 4. The lowest BCUT2D eigenvalue weighted by molar-refractivity contribution is -0.122. The van der Waals surface area contributed by atoms with Crippen molar-refractivity contribution in [3.8, 4) is 5.75 Å². The third kappa shape index (κ3) is 5.16. The fourth-order valence-corrected chi connectivity index (χ4v) is 4.62. The Hall–Kier alpha value is -3.80. The molecule has 6 heteroatoms. The predicted molar refractivity (Wildman–Crippen MR) is 139 cm³/mol. The SMILES string of the molecule is COc1ccc(C)c(N2CC(C(=O)Nc3ccc(N(CC4CC4)c4ccccc4)cc3)CC2=O)c1. The number of hydrogen-bond donors (Lipinski definition) is 1. The Bertz CT molecular complexity index is 1210. The maximum atomic E-state index is 13.0. The van der Waals surface area contributed by atoms with Crippen LogP contribution in [0.25, 0.3) is 0 Å². The first-order valence-electron chi connectivity index (χ1n) is 12.2. The number of hydrogen-bond acceptors (Lipinski definition) is 4. The van der Waals surface area contributed by atoms with Crippen molar-refractivity contribution in [2.75, 3.05) is 35.3 Å². The van der Waals surface area contributed by atoms with Gasteiger partial charge >= 0.3 is 0 Å². The first-order chi connectivity index (χ1) is 17.0. The zero-order chi connectivity index (χ0) is 24.4. The number of nitrogens with zero attached hydrogens (tertiary/aromatic N) is 2. The number of carbonyl (C=O) groups excluding carboxylic acids is 2. The second-order valence-corrected chi connectivity index (χ2v) is 9.48. The maximum absolute atomic E-state index is 13.0. The summed E-state index contributed by atoms with van der Waals surface area (Å²) in [6.07, 6.45) is 2.76. The van der Waals surface area contributed by atoms with Crippen LogP contribution in [-0.4, -0.2) is 32.0 Å². The number of nitrogens with one attached hydrogen (secondary N) is 1. The molecule has 1 aliphatic carbocycles. The first-order valence-corrected chi connectivity index (χ1v) is 12.2. The standard InChI is InChI=1S/C29H31N3O3/c1-20-8-15-26(35-2)17-27(20)32-19-22(16-28(32)33)29(34)30-23-11-13-25(14-12-23)31(18-21-9-10-21)24-6-4-3-5-7-24/h3-8,11-15,17,21-22H,9-10,16,18-19H2,1-2H3,(H,30,34). The molecule has 1 N–H and O–H groups in total. The van der Waals surface area contributed by atoms with Crippen molar-refractivity contribution in [3.05, 3.63) is 78.4 Å². The lowest BCUT2D eigenvalue weighted by Crippen LogP contribution is -2.28. The molecule has 35 heavy (non-hydrogen) atoms. The van der Waals surface area contributed by atoms with Crippen molar-refractivity contribution in [2.45, 2.75) is 26.2 Å². The fourth-order valence-electron chi connectivity index (χ4n) is 4.62. The minimum absolute atomic E-state index is 0.0459. The highest BCUT2D eigenvalue weighted by Gasteiger charge is 2.36.